The third kappa shape index (κ3) is 6.44. The number of nitrogens with zero attached hydrogens (tertiary/aromatic N) is 1. The molecule has 6 nitrogen and oxygen atoms in total. The summed E-state index contributed by atoms with van der Waals surface area (Å²) in [5, 5.41) is 5.36. The normalized spacial score (nSPS) is 37.3. The molecule has 2 saturated carbocycles. The lowest BCUT2D eigenvalue weighted by Gasteiger charge is -2.33. The average molecular weight is 470 g/mol. The highest BCUT2D eigenvalue weighted by molar-refractivity contribution is 6.21. The molecule has 31 heavy (non-hydrogen) atoms. The number of hydrazine groups is 1. The molecule has 11 heteroatoms. The first-order valence-corrected chi connectivity index (χ1v) is 11.3. The van der Waals surface area contributed by atoms with Crippen molar-refractivity contribution < 1.29 is 22.4 Å². The van der Waals surface area contributed by atoms with Crippen LogP contribution in [0.4, 0.5) is 17.6 Å². The van der Waals surface area contributed by atoms with Gasteiger partial charge in [-0.1, -0.05) is 0 Å². The van der Waals surface area contributed by atoms with Crippen LogP contribution in [0.5, 0.6) is 0 Å². The number of hydrogen-bond donors (Lipinski definition) is 4. The Kier molecular flexibility index (Phi) is 7.42. The highest BCUT2D eigenvalue weighted by Gasteiger charge is 2.48. The van der Waals surface area contributed by atoms with Crippen LogP contribution in [0.15, 0.2) is 4.99 Å². The maximum absolute atomic E-state index is 14.0. The van der Waals surface area contributed by atoms with Gasteiger partial charge in [-0.15, -0.1) is 11.6 Å². The molecule has 2 aliphatic carbocycles. The first-order chi connectivity index (χ1) is 14.3. The van der Waals surface area contributed by atoms with Gasteiger partial charge in [-0.05, 0) is 59.3 Å². The van der Waals surface area contributed by atoms with Gasteiger partial charge in [-0.3, -0.25) is 15.5 Å². The Morgan fingerprint density at radius 2 is 1.77 bits per heavy atom. The van der Waals surface area contributed by atoms with E-state index in [1.807, 2.05) is 20.8 Å². The monoisotopic (exact) mass is 469 g/mol. The van der Waals surface area contributed by atoms with E-state index < -0.39 is 41.3 Å². The minimum atomic E-state index is -4.20. The zero-order valence-electron chi connectivity index (χ0n) is 18.0. The Balaban J connectivity index is 1.68. The summed E-state index contributed by atoms with van der Waals surface area (Å²) in [6.07, 6.45) is -4.47. The van der Waals surface area contributed by atoms with Crippen LogP contribution < -0.4 is 21.5 Å². The molecule has 0 radical (unpaired) electrons. The van der Waals surface area contributed by atoms with E-state index in [4.69, 9.17) is 11.6 Å². The van der Waals surface area contributed by atoms with Crippen molar-refractivity contribution in [3.05, 3.63) is 0 Å². The minimum absolute atomic E-state index is 0.00112. The van der Waals surface area contributed by atoms with E-state index in [9.17, 15) is 22.4 Å². The number of hydrogen-bond acceptors (Lipinski definition) is 4. The van der Waals surface area contributed by atoms with Crippen molar-refractivity contribution in [2.24, 2.45) is 22.7 Å². The molecule has 3 aliphatic rings. The lowest BCUT2D eigenvalue weighted by molar-refractivity contribution is -0.185. The lowest BCUT2D eigenvalue weighted by Crippen LogP contribution is -2.52. The Morgan fingerprint density at radius 1 is 1.06 bits per heavy atom. The van der Waals surface area contributed by atoms with Crippen LogP contribution in [-0.2, 0) is 4.79 Å². The number of aliphatic imine (C=N–C) groups is 1. The molecule has 0 aromatic carbocycles. The summed E-state index contributed by atoms with van der Waals surface area (Å²) in [5.41, 5.74) is 5.51. The van der Waals surface area contributed by atoms with Crippen molar-refractivity contribution in [2.45, 2.75) is 94.8 Å². The summed E-state index contributed by atoms with van der Waals surface area (Å²) in [7, 11) is 0. The molecular formula is C20H32ClF4N5O. The van der Waals surface area contributed by atoms with E-state index in [0.29, 0.717) is 19.3 Å². The van der Waals surface area contributed by atoms with Crippen LogP contribution in [-0.4, -0.2) is 47.3 Å². The first kappa shape index (κ1) is 24.5. The standard InChI is InChI=1S/C20H32ClF4N5O/c1-19(2,3)28-18(27-17(31)10-4-7-13(21)14(22)8-10)26-16-12-6-5-11(20(23,24)25)9-15(12)29-30-16/h10-16,29-30H,4-9H2,1-3H3,(H2,26,27,28,31). The van der Waals surface area contributed by atoms with E-state index in [0.717, 1.165) is 0 Å². The highest BCUT2D eigenvalue weighted by atomic mass is 35.5. The fourth-order valence-electron chi connectivity index (χ4n) is 4.59. The van der Waals surface area contributed by atoms with E-state index in [1.54, 1.807) is 0 Å². The molecule has 0 bridgehead atoms. The molecule has 3 rings (SSSR count). The van der Waals surface area contributed by atoms with Gasteiger partial charge in [-0.2, -0.15) is 13.2 Å². The average Bonchev–Trinajstić information content (AvgIpc) is 3.04. The molecule has 1 heterocycles. The van der Waals surface area contributed by atoms with Gasteiger partial charge >= 0.3 is 6.18 Å². The number of carbonyl (C=O) groups is 1. The van der Waals surface area contributed by atoms with Gasteiger partial charge in [0.25, 0.3) is 0 Å². The minimum Gasteiger partial charge on any atom is -0.351 e. The van der Waals surface area contributed by atoms with Gasteiger partial charge in [0.1, 0.15) is 12.3 Å². The Labute approximate surface area is 185 Å². The summed E-state index contributed by atoms with van der Waals surface area (Å²) in [4.78, 5) is 17.4. The molecule has 1 aliphatic heterocycles. The molecule has 7 atom stereocenters. The smallest absolute Gasteiger partial charge is 0.351 e. The number of alkyl halides is 5. The molecule has 178 valence electrons. The molecule has 1 amide bonds. The topological polar surface area (TPSA) is 77.6 Å². The van der Waals surface area contributed by atoms with Crippen LogP contribution in [0.1, 0.15) is 59.3 Å². The van der Waals surface area contributed by atoms with E-state index in [2.05, 4.69) is 26.5 Å². The molecule has 7 unspecified atom stereocenters. The third-order valence-corrected chi connectivity index (χ3v) is 6.75. The van der Waals surface area contributed by atoms with Crippen molar-refractivity contribution in [3.8, 4) is 0 Å². The van der Waals surface area contributed by atoms with Crippen molar-refractivity contribution in [3.63, 3.8) is 0 Å². The van der Waals surface area contributed by atoms with Crippen molar-refractivity contribution >= 4 is 23.5 Å². The van der Waals surface area contributed by atoms with E-state index >= 15 is 0 Å². The third-order valence-electron chi connectivity index (χ3n) is 6.26. The summed E-state index contributed by atoms with van der Waals surface area (Å²) in [6.45, 7) is 5.72. The molecule has 4 N–H and O–H groups in total. The maximum atomic E-state index is 14.0. The number of fused-ring (bicyclic) bond motifs is 1. The van der Waals surface area contributed by atoms with Crippen LogP contribution in [0.2, 0.25) is 0 Å². The number of rotatable bonds is 2. The van der Waals surface area contributed by atoms with E-state index in [1.165, 1.54) is 0 Å². The SMILES string of the molecule is CC(C)(C)N/C(=N\C1NNC2CC(C(F)(F)F)CCC21)NC(=O)C1CCC(Cl)C(F)C1. The second-order valence-electron chi connectivity index (χ2n) is 9.94. The highest BCUT2D eigenvalue weighted by Crippen LogP contribution is 2.42. The van der Waals surface area contributed by atoms with Gasteiger partial charge < -0.3 is 5.32 Å². The zero-order chi connectivity index (χ0) is 23.0. The molecule has 0 aromatic heterocycles. The van der Waals surface area contributed by atoms with Crippen molar-refractivity contribution in [2.75, 3.05) is 0 Å². The Morgan fingerprint density at radius 3 is 2.39 bits per heavy atom. The number of amides is 1. The van der Waals surface area contributed by atoms with Gasteiger partial charge in [-0.25, -0.2) is 14.8 Å². The largest absolute Gasteiger partial charge is 0.391 e. The summed E-state index contributed by atoms with van der Waals surface area (Å²) in [6, 6.07) is -0.341. The van der Waals surface area contributed by atoms with Crippen LogP contribution in [0.3, 0.4) is 0 Å². The molecule has 0 aromatic rings. The van der Waals surface area contributed by atoms with Gasteiger partial charge in [0.15, 0.2) is 5.96 Å². The quantitative estimate of drug-likeness (QED) is 0.216. The predicted molar refractivity (Wildman–Crippen MR) is 111 cm³/mol. The van der Waals surface area contributed by atoms with Gasteiger partial charge in [0, 0.05) is 23.4 Å². The van der Waals surface area contributed by atoms with E-state index in [-0.39, 0.29) is 43.1 Å². The molecule has 1 saturated heterocycles. The fraction of sp³-hybridized carbons (Fsp3) is 0.900. The summed E-state index contributed by atoms with van der Waals surface area (Å²) >= 11 is 5.92. The van der Waals surface area contributed by atoms with Crippen LogP contribution in [0.25, 0.3) is 0 Å². The number of carbonyl (C=O) groups excluding carboxylic acids is 1. The lowest BCUT2D eigenvalue weighted by atomic mass is 9.78. The van der Waals surface area contributed by atoms with Gasteiger partial charge in [0.05, 0.1) is 11.3 Å². The van der Waals surface area contributed by atoms with Crippen LogP contribution >= 0.6 is 11.6 Å². The molecule has 3 fully saturated rings. The fourth-order valence-corrected chi connectivity index (χ4v) is 4.82. The second-order valence-corrected chi connectivity index (χ2v) is 10.5. The van der Waals surface area contributed by atoms with Gasteiger partial charge in [0.2, 0.25) is 5.91 Å². The number of halogens is 5. The zero-order valence-corrected chi connectivity index (χ0v) is 18.8. The maximum Gasteiger partial charge on any atom is 0.391 e. The Bertz CT molecular complexity index is 683. The van der Waals surface area contributed by atoms with Crippen LogP contribution in [0, 0.1) is 17.8 Å². The second kappa shape index (κ2) is 9.39. The van der Waals surface area contributed by atoms with Crippen molar-refractivity contribution in [1.82, 2.24) is 21.5 Å². The molecule has 0 spiro atoms. The first-order valence-electron chi connectivity index (χ1n) is 10.9. The number of nitrogens with one attached hydrogen (secondary N) is 4. The summed E-state index contributed by atoms with van der Waals surface area (Å²) < 4.78 is 53.3. The molecular weight excluding hydrogens is 438 g/mol. The predicted octanol–water partition coefficient (Wildman–Crippen LogP) is 3.37. The summed E-state index contributed by atoms with van der Waals surface area (Å²) in [5.74, 6) is -2.03. The Hall–Kier alpha value is -1.13. The number of guanidine groups is 1. The van der Waals surface area contributed by atoms with Crippen molar-refractivity contribution in [1.29, 1.82) is 0 Å².